The SMILES string of the molecule is COc1ccccc1N1C(=O)C(C)(C2CC2)NC(=O)C1C. The number of hydrogen-bond acceptors (Lipinski definition) is 3. The van der Waals surface area contributed by atoms with Crippen LogP contribution in [0.1, 0.15) is 26.7 Å². The third-order valence-electron chi connectivity index (χ3n) is 4.55. The number of amides is 2. The molecule has 2 fully saturated rings. The van der Waals surface area contributed by atoms with E-state index in [0.29, 0.717) is 11.4 Å². The molecule has 1 aromatic carbocycles. The standard InChI is InChI=1S/C16H20N2O3/c1-10-14(19)17-16(2,11-8-9-11)15(20)18(10)12-6-4-5-7-13(12)21-3/h4-7,10-11H,8-9H2,1-3H3,(H,17,19). The van der Waals surface area contributed by atoms with Crippen LogP contribution in [0, 0.1) is 5.92 Å². The van der Waals surface area contributed by atoms with Gasteiger partial charge in [-0.15, -0.1) is 0 Å². The highest BCUT2D eigenvalue weighted by molar-refractivity contribution is 6.11. The zero-order chi connectivity index (χ0) is 15.2. The molecule has 0 bridgehead atoms. The van der Waals surface area contributed by atoms with Crippen molar-refractivity contribution in [1.29, 1.82) is 0 Å². The molecule has 1 saturated heterocycles. The number of para-hydroxylation sites is 2. The van der Waals surface area contributed by atoms with E-state index in [1.807, 2.05) is 25.1 Å². The summed E-state index contributed by atoms with van der Waals surface area (Å²) < 4.78 is 5.35. The Morgan fingerprint density at radius 3 is 2.57 bits per heavy atom. The molecule has 112 valence electrons. The van der Waals surface area contributed by atoms with Crippen molar-refractivity contribution in [3.8, 4) is 5.75 Å². The van der Waals surface area contributed by atoms with Gasteiger partial charge in [0.2, 0.25) is 5.91 Å². The van der Waals surface area contributed by atoms with Crippen molar-refractivity contribution in [2.24, 2.45) is 5.92 Å². The van der Waals surface area contributed by atoms with Crippen molar-refractivity contribution in [2.45, 2.75) is 38.3 Å². The fourth-order valence-corrected chi connectivity index (χ4v) is 3.04. The first-order chi connectivity index (χ1) is 9.99. The summed E-state index contributed by atoms with van der Waals surface area (Å²) in [6.07, 6.45) is 1.97. The number of hydrogen-bond donors (Lipinski definition) is 1. The molecule has 2 amide bonds. The fourth-order valence-electron chi connectivity index (χ4n) is 3.04. The molecule has 1 aliphatic carbocycles. The van der Waals surface area contributed by atoms with Gasteiger partial charge in [-0.25, -0.2) is 0 Å². The summed E-state index contributed by atoms with van der Waals surface area (Å²) in [5, 5.41) is 2.92. The number of ether oxygens (including phenoxy) is 1. The highest BCUT2D eigenvalue weighted by Gasteiger charge is 2.55. The van der Waals surface area contributed by atoms with Crippen molar-refractivity contribution < 1.29 is 14.3 Å². The summed E-state index contributed by atoms with van der Waals surface area (Å²) in [4.78, 5) is 26.9. The van der Waals surface area contributed by atoms with Crippen LogP contribution in [0.15, 0.2) is 24.3 Å². The average molecular weight is 288 g/mol. The summed E-state index contributed by atoms with van der Waals surface area (Å²) in [5.41, 5.74) is -0.149. The lowest BCUT2D eigenvalue weighted by molar-refractivity contribution is -0.138. The van der Waals surface area contributed by atoms with E-state index < -0.39 is 11.6 Å². The van der Waals surface area contributed by atoms with Crippen LogP contribution in [0.2, 0.25) is 0 Å². The third-order valence-corrected chi connectivity index (χ3v) is 4.55. The maximum atomic E-state index is 13.0. The molecule has 1 N–H and O–H groups in total. The summed E-state index contributed by atoms with van der Waals surface area (Å²) in [6, 6.07) is 6.77. The van der Waals surface area contributed by atoms with Crippen LogP contribution in [0.25, 0.3) is 0 Å². The topological polar surface area (TPSA) is 58.6 Å². The zero-order valence-corrected chi connectivity index (χ0v) is 12.6. The van der Waals surface area contributed by atoms with Crippen LogP contribution in [-0.4, -0.2) is 30.5 Å². The first kappa shape index (κ1) is 13.9. The fraction of sp³-hybridized carbons (Fsp3) is 0.500. The molecule has 21 heavy (non-hydrogen) atoms. The van der Waals surface area contributed by atoms with Gasteiger partial charge in [-0.05, 0) is 44.7 Å². The molecule has 2 unspecified atom stereocenters. The second kappa shape index (κ2) is 4.76. The number of piperazine rings is 1. The van der Waals surface area contributed by atoms with Gasteiger partial charge in [0.15, 0.2) is 0 Å². The number of methoxy groups -OCH3 is 1. The highest BCUT2D eigenvalue weighted by atomic mass is 16.5. The predicted molar refractivity (Wildman–Crippen MR) is 79.2 cm³/mol. The third kappa shape index (κ3) is 2.07. The normalized spacial score (nSPS) is 29.3. The van der Waals surface area contributed by atoms with Crippen molar-refractivity contribution >= 4 is 17.5 Å². The molecule has 3 rings (SSSR count). The van der Waals surface area contributed by atoms with Crippen molar-refractivity contribution in [1.82, 2.24) is 5.32 Å². The Kier molecular flexibility index (Phi) is 3.15. The van der Waals surface area contributed by atoms with E-state index in [1.54, 1.807) is 25.0 Å². The lowest BCUT2D eigenvalue weighted by Gasteiger charge is -2.43. The number of carbonyl (C=O) groups excluding carboxylic acids is 2. The molecule has 0 spiro atoms. The second-order valence-corrected chi connectivity index (χ2v) is 5.99. The van der Waals surface area contributed by atoms with Crippen molar-refractivity contribution in [3.05, 3.63) is 24.3 Å². The number of benzene rings is 1. The van der Waals surface area contributed by atoms with Gasteiger partial charge in [0.1, 0.15) is 17.3 Å². The lowest BCUT2D eigenvalue weighted by Crippen LogP contribution is -2.70. The van der Waals surface area contributed by atoms with Gasteiger partial charge in [0.05, 0.1) is 12.8 Å². The van der Waals surface area contributed by atoms with E-state index in [9.17, 15) is 9.59 Å². The first-order valence-electron chi connectivity index (χ1n) is 7.27. The van der Waals surface area contributed by atoms with E-state index in [4.69, 9.17) is 4.74 Å². The zero-order valence-electron chi connectivity index (χ0n) is 12.6. The maximum absolute atomic E-state index is 13.0. The van der Waals surface area contributed by atoms with Gasteiger partial charge in [0, 0.05) is 0 Å². The number of anilines is 1. The Morgan fingerprint density at radius 1 is 1.29 bits per heavy atom. The van der Waals surface area contributed by atoms with E-state index >= 15 is 0 Å². The quantitative estimate of drug-likeness (QED) is 0.921. The largest absolute Gasteiger partial charge is 0.495 e. The van der Waals surface area contributed by atoms with E-state index in [0.717, 1.165) is 12.8 Å². The molecule has 1 heterocycles. The smallest absolute Gasteiger partial charge is 0.253 e. The Bertz CT molecular complexity index is 597. The molecule has 1 aromatic rings. The number of nitrogens with zero attached hydrogens (tertiary/aromatic N) is 1. The summed E-state index contributed by atoms with van der Waals surface area (Å²) in [6.45, 7) is 3.57. The lowest BCUT2D eigenvalue weighted by atomic mass is 9.89. The van der Waals surface area contributed by atoms with Gasteiger partial charge >= 0.3 is 0 Å². The number of nitrogens with one attached hydrogen (secondary N) is 1. The molecule has 1 aliphatic heterocycles. The van der Waals surface area contributed by atoms with Gasteiger partial charge in [-0.3, -0.25) is 14.5 Å². The predicted octanol–water partition coefficient (Wildman–Crippen LogP) is 1.72. The Balaban J connectivity index is 2.06. The molecule has 5 heteroatoms. The molecule has 5 nitrogen and oxygen atoms in total. The van der Waals surface area contributed by atoms with Crippen LogP contribution in [0.4, 0.5) is 5.69 Å². The first-order valence-corrected chi connectivity index (χ1v) is 7.27. The van der Waals surface area contributed by atoms with Crippen LogP contribution in [0.5, 0.6) is 5.75 Å². The minimum atomic E-state index is -0.801. The Labute approximate surface area is 124 Å². The molecule has 0 radical (unpaired) electrons. The molecule has 2 atom stereocenters. The minimum absolute atomic E-state index is 0.0541. The van der Waals surface area contributed by atoms with Crippen LogP contribution >= 0.6 is 0 Å². The van der Waals surface area contributed by atoms with Crippen molar-refractivity contribution in [3.63, 3.8) is 0 Å². The molecular weight excluding hydrogens is 268 g/mol. The van der Waals surface area contributed by atoms with Gasteiger partial charge in [0.25, 0.3) is 5.91 Å². The molecule has 2 aliphatic rings. The van der Waals surface area contributed by atoms with E-state index in [-0.39, 0.29) is 17.7 Å². The summed E-state index contributed by atoms with van der Waals surface area (Å²) in [7, 11) is 1.57. The number of rotatable bonds is 3. The Morgan fingerprint density at radius 2 is 1.95 bits per heavy atom. The molecule has 1 saturated carbocycles. The Hall–Kier alpha value is -2.04. The van der Waals surface area contributed by atoms with Crippen LogP contribution in [-0.2, 0) is 9.59 Å². The summed E-state index contributed by atoms with van der Waals surface area (Å²) in [5.74, 6) is 0.667. The number of carbonyl (C=O) groups is 2. The average Bonchev–Trinajstić information content (AvgIpc) is 3.31. The van der Waals surface area contributed by atoms with Gasteiger partial charge in [-0.2, -0.15) is 0 Å². The van der Waals surface area contributed by atoms with Crippen LogP contribution in [0.3, 0.4) is 0 Å². The van der Waals surface area contributed by atoms with Gasteiger partial charge in [-0.1, -0.05) is 12.1 Å². The van der Waals surface area contributed by atoms with Crippen LogP contribution < -0.4 is 15.0 Å². The van der Waals surface area contributed by atoms with Crippen molar-refractivity contribution in [2.75, 3.05) is 12.0 Å². The van der Waals surface area contributed by atoms with Gasteiger partial charge < -0.3 is 10.1 Å². The monoisotopic (exact) mass is 288 g/mol. The maximum Gasteiger partial charge on any atom is 0.253 e. The highest BCUT2D eigenvalue weighted by Crippen LogP contribution is 2.44. The molecular formula is C16H20N2O3. The summed E-state index contributed by atoms with van der Waals surface area (Å²) >= 11 is 0. The minimum Gasteiger partial charge on any atom is -0.495 e. The molecule has 0 aromatic heterocycles. The van der Waals surface area contributed by atoms with E-state index in [2.05, 4.69) is 5.32 Å². The second-order valence-electron chi connectivity index (χ2n) is 5.99. The van der Waals surface area contributed by atoms with E-state index in [1.165, 1.54) is 0 Å².